The van der Waals surface area contributed by atoms with Gasteiger partial charge in [0, 0.05) is 16.1 Å². The molecule has 1 aromatic heterocycles. The molecule has 0 aliphatic rings. The second-order valence-corrected chi connectivity index (χ2v) is 6.24. The molecule has 0 aliphatic carbocycles. The van der Waals surface area contributed by atoms with Crippen molar-refractivity contribution >= 4 is 41.1 Å². The van der Waals surface area contributed by atoms with E-state index < -0.39 is 5.82 Å². The Morgan fingerprint density at radius 1 is 1.25 bits per heavy atom. The van der Waals surface area contributed by atoms with E-state index in [1.807, 2.05) is 0 Å². The monoisotopic (exact) mass is 422 g/mol. The number of hydrogen-bond donors (Lipinski definition) is 2. The molecule has 1 heterocycles. The molecule has 0 aliphatic heterocycles. The van der Waals surface area contributed by atoms with Gasteiger partial charge in [0.1, 0.15) is 18.2 Å². The lowest BCUT2D eigenvalue weighted by Crippen LogP contribution is -2.15. The molecule has 3 rings (SSSR count). The maximum atomic E-state index is 13.9. The van der Waals surface area contributed by atoms with E-state index in [0.29, 0.717) is 16.3 Å². The van der Waals surface area contributed by atoms with Crippen molar-refractivity contribution in [3.8, 4) is 5.75 Å². The summed E-state index contributed by atoms with van der Waals surface area (Å²) in [6.45, 7) is -0.0828. The Hall–Kier alpha value is -3.17. The maximum Gasteiger partial charge on any atom is 0.199 e. The van der Waals surface area contributed by atoms with Crippen molar-refractivity contribution in [1.82, 2.24) is 10.3 Å². The van der Waals surface area contributed by atoms with E-state index in [1.165, 1.54) is 18.3 Å². The molecule has 144 valence electrons. The van der Waals surface area contributed by atoms with Gasteiger partial charge in [-0.1, -0.05) is 29.3 Å². The van der Waals surface area contributed by atoms with E-state index in [9.17, 15) is 4.39 Å². The summed E-state index contributed by atoms with van der Waals surface area (Å²) in [4.78, 5) is 0. The van der Waals surface area contributed by atoms with Gasteiger partial charge in [-0.25, -0.2) is 9.02 Å². The van der Waals surface area contributed by atoms with Gasteiger partial charge in [0.2, 0.25) is 0 Å². The Morgan fingerprint density at radius 2 is 2.07 bits per heavy atom. The van der Waals surface area contributed by atoms with Crippen molar-refractivity contribution in [3.05, 3.63) is 69.1 Å². The summed E-state index contributed by atoms with van der Waals surface area (Å²) in [6.07, 6.45) is 1.36. The van der Waals surface area contributed by atoms with Crippen LogP contribution in [0.25, 0.3) is 0 Å². The zero-order valence-electron chi connectivity index (χ0n) is 14.1. The first-order valence-electron chi connectivity index (χ1n) is 7.76. The fourth-order valence-corrected chi connectivity index (χ4v) is 2.54. The Labute approximate surface area is 168 Å². The third-order valence-corrected chi connectivity index (χ3v) is 4.11. The topological polar surface area (TPSA) is 125 Å². The van der Waals surface area contributed by atoms with Gasteiger partial charge >= 0.3 is 0 Å². The first-order valence-corrected chi connectivity index (χ1v) is 8.51. The van der Waals surface area contributed by atoms with E-state index in [0.717, 1.165) is 0 Å². The molecule has 0 saturated heterocycles. The summed E-state index contributed by atoms with van der Waals surface area (Å²) in [6, 6.07) is 9.23. The zero-order valence-corrected chi connectivity index (χ0v) is 15.7. The van der Waals surface area contributed by atoms with Crippen molar-refractivity contribution in [2.75, 3.05) is 5.73 Å². The van der Waals surface area contributed by atoms with E-state index in [-0.39, 0.29) is 34.5 Å². The van der Waals surface area contributed by atoms with Gasteiger partial charge in [-0.15, -0.1) is 5.10 Å². The normalized spacial score (nSPS) is 11.9. The van der Waals surface area contributed by atoms with Crippen LogP contribution in [-0.4, -0.2) is 22.4 Å². The minimum absolute atomic E-state index is 0.00926. The van der Waals surface area contributed by atoms with Crippen LogP contribution in [-0.2, 0) is 6.61 Å². The largest absolute Gasteiger partial charge is 0.488 e. The van der Waals surface area contributed by atoms with Gasteiger partial charge in [0.15, 0.2) is 17.3 Å². The van der Waals surface area contributed by atoms with Crippen molar-refractivity contribution in [2.24, 2.45) is 15.9 Å². The number of amidine groups is 1. The average molecular weight is 423 g/mol. The lowest BCUT2D eigenvalue weighted by atomic mass is 10.2. The molecule has 0 bridgehead atoms. The highest BCUT2D eigenvalue weighted by Crippen LogP contribution is 2.25. The Bertz CT molecular complexity index is 1030. The predicted octanol–water partition coefficient (Wildman–Crippen LogP) is 3.42. The molecule has 11 heteroatoms. The van der Waals surface area contributed by atoms with Crippen molar-refractivity contribution in [3.63, 3.8) is 0 Å². The van der Waals surface area contributed by atoms with E-state index in [2.05, 4.69) is 25.1 Å². The summed E-state index contributed by atoms with van der Waals surface area (Å²) >= 11 is 12.0. The van der Waals surface area contributed by atoms with Gasteiger partial charge < -0.3 is 16.2 Å². The van der Waals surface area contributed by atoms with Gasteiger partial charge in [0.05, 0.1) is 11.2 Å². The Morgan fingerprint density at radius 3 is 2.79 bits per heavy atom. The van der Waals surface area contributed by atoms with Crippen LogP contribution < -0.4 is 16.2 Å². The number of rotatable bonds is 6. The molecule has 0 fully saturated rings. The highest BCUT2D eigenvalue weighted by molar-refractivity contribution is 6.31. The summed E-state index contributed by atoms with van der Waals surface area (Å²) in [5.41, 5.74) is 12.0. The number of benzene rings is 2. The Kier molecular flexibility index (Phi) is 6.07. The second-order valence-electron chi connectivity index (χ2n) is 5.40. The first-order chi connectivity index (χ1) is 13.5. The van der Waals surface area contributed by atoms with Crippen LogP contribution in [0.1, 0.15) is 16.8 Å². The number of nitrogens with two attached hydrogens (primary N) is 2. The second kappa shape index (κ2) is 8.68. The predicted molar refractivity (Wildman–Crippen MR) is 104 cm³/mol. The molecule has 3 aromatic rings. The van der Waals surface area contributed by atoms with Crippen LogP contribution in [0, 0.1) is 5.82 Å². The number of halogens is 3. The minimum Gasteiger partial charge on any atom is -0.488 e. The highest BCUT2D eigenvalue weighted by atomic mass is 35.5. The standard InChI is InChI=1S/C17H13Cl2FN6O2/c18-10-4-5-14(27-8-11-12(19)2-1-3-13(11)20)9(6-10)7-23-24-16(21)15-17(22)26-28-25-15/h1-7H,8H2,(H2,21,24)(H2,22,26)/b23-7+. The number of hydrogen-bond acceptors (Lipinski definition) is 7. The van der Waals surface area contributed by atoms with Crippen LogP contribution in [0.5, 0.6) is 5.75 Å². The minimum atomic E-state index is -0.465. The Balaban J connectivity index is 1.80. The lowest BCUT2D eigenvalue weighted by molar-refractivity contribution is 0.299. The summed E-state index contributed by atoms with van der Waals surface area (Å²) in [5, 5.41) is 15.3. The highest BCUT2D eigenvalue weighted by Gasteiger charge is 2.11. The molecule has 0 spiro atoms. The number of nitrogen functional groups attached to an aromatic ring is 1. The molecule has 0 radical (unpaired) electrons. The van der Waals surface area contributed by atoms with Crippen molar-refractivity contribution < 1.29 is 13.8 Å². The molecule has 2 aromatic carbocycles. The van der Waals surface area contributed by atoms with E-state index in [1.54, 1.807) is 24.3 Å². The maximum absolute atomic E-state index is 13.9. The summed E-state index contributed by atoms with van der Waals surface area (Å²) in [5.74, 6) is -0.167. The molecular weight excluding hydrogens is 410 g/mol. The smallest absolute Gasteiger partial charge is 0.199 e. The van der Waals surface area contributed by atoms with E-state index in [4.69, 9.17) is 39.4 Å². The molecule has 8 nitrogen and oxygen atoms in total. The van der Waals surface area contributed by atoms with Crippen molar-refractivity contribution in [1.29, 1.82) is 0 Å². The van der Waals surface area contributed by atoms with Crippen LogP contribution in [0.15, 0.2) is 51.2 Å². The lowest BCUT2D eigenvalue weighted by Gasteiger charge is -2.11. The quantitative estimate of drug-likeness (QED) is 0.356. The first kappa shape index (κ1) is 19.6. The molecular formula is C17H13Cl2FN6O2. The zero-order chi connectivity index (χ0) is 20.1. The fourth-order valence-electron chi connectivity index (χ4n) is 2.15. The molecule has 0 unspecified atom stereocenters. The van der Waals surface area contributed by atoms with Gasteiger partial charge in [-0.3, -0.25) is 0 Å². The SMILES string of the molecule is N/C(=N\N=C\c1cc(Cl)ccc1OCc1c(F)cccc1Cl)c1nonc1N. The van der Waals surface area contributed by atoms with Gasteiger partial charge in [-0.05, 0) is 40.6 Å². The summed E-state index contributed by atoms with van der Waals surface area (Å²) < 4.78 is 24.0. The molecule has 0 amide bonds. The third kappa shape index (κ3) is 4.56. The van der Waals surface area contributed by atoms with Gasteiger partial charge in [-0.2, -0.15) is 5.10 Å². The number of ether oxygens (including phenoxy) is 1. The number of nitrogens with zero attached hydrogens (tertiary/aromatic N) is 4. The molecule has 28 heavy (non-hydrogen) atoms. The van der Waals surface area contributed by atoms with Crippen molar-refractivity contribution in [2.45, 2.75) is 6.61 Å². The number of anilines is 1. The fraction of sp³-hybridized carbons (Fsp3) is 0.0588. The van der Waals surface area contributed by atoms with Crippen LogP contribution in [0.2, 0.25) is 10.0 Å². The molecule has 0 atom stereocenters. The van der Waals surface area contributed by atoms with Crippen LogP contribution in [0.4, 0.5) is 10.2 Å². The summed E-state index contributed by atoms with van der Waals surface area (Å²) in [7, 11) is 0. The molecule has 0 saturated carbocycles. The van der Waals surface area contributed by atoms with Gasteiger partial charge in [0.25, 0.3) is 0 Å². The van der Waals surface area contributed by atoms with Crippen LogP contribution >= 0.6 is 23.2 Å². The number of aromatic nitrogens is 2. The van der Waals surface area contributed by atoms with Crippen LogP contribution in [0.3, 0.4) is 0 Å². The third-order valence-electron chi connectivity index (χ3n) is 3.52. The molecule has 4 N–H and O–H groups in total. The average Bonchev–Trinajstić information content (AvgIpc) is 3.08. The van der Waals surface area contributed by atoms with E-state index >= 15 is 0 Å².